The number of fused-ring (bicyclic) bond motifs is 3. The van der Waals surface area contributed by atoms with Crippen molar-refractivity contribution in [2.45, 2.75) is 19.3 Å². The second-order valence-corrected chi connectivity index (χ2v) is 6.51. The minimum atomic E-state index is -0.575. The van der Waals surface area contributed by atoms with Gasteiger partial charge in [-0.05, 0) is 49.1 Å². The van der Waals surface area contributed by atoms with Gasteiger partial charge in [0.2, 0.25) is 0 Å². The van der Waals surface area contributed by atoms with Gasteiger partial charge in [-0.15, -0.1) is 0 Å². The Hall–Kier alpha value is -2.79. The number of carbonyl (C=O) groups is 1. The second kappa shape index (κ2) is 6.50. The van der Waals surface area contributed by atoms with Gasteiger partial charge < -0.3 is 13.9 Å². The Labute approximate surface area is 154 Å². The summed E-state index contributed by atoms with van der Waals surface area (Å²) in [5.41, 5.74) is 2.06. The van der Waals surface area contributed by atoms with Gasteiger partial charge in [-0.25, -0.2) is 9.59 Å². The van der Waals surface area contributed by atoms with Crippen LogP contribution in [0.3, 0.4) is 0 Å². The molecule has 0 saturated carbocycles. The van der Waals surface area contributed by atoms with Crippen LogP contribution < -0.4 is 15.1 Å². The third-order valence-electron chi connectivity index (χ3n) is 4.53. The summed E-state index contributed by atoms with van der Waals surface area (Å²) in [5, 5.41) is 1.08. The van der Waals surface area contributed by atoms with E-state index >= 15 is 0 Å². The highest BCUT2D eigenvalue weighted by molar-refractivity contribution is 6.33. The van der Waals surface area contributed by atoms with Crippen molar-refractivity contribution in [3.8, 4) is 11.5 Å². The standard InChI is InChI=1S/C20H15ClO5/c1-24-12-5-2-4-11(8-12)19(22)26-18-10-17-15(9-16(18)21)13-6-3-7-14(13)20(23)25-17/h2,4-5,8-10H,3,6-7H2,1H3. The molecule has 132 valence electrons. The zero-order chi connectivity index (χ0) is 18.3. The molecule has 4 rings (SSSR count). The number of esters is 1. The molecule has 1 heterocycles. The van der Waals surface area contributed by atoms with E-state index in [1.807, 2.05) is 0 Å². The molecule has 6 heteroatoms. The van der Waals surface area contributed by atoms with Gasteiger partial charge in [-0.2, -0.15) is 0 Å². The van der Waals surface area contributed by atoms with Crippen LogP contribution in [0.4, 0.5) is 0 Å². The maximum Gasteiger partial charge on any atom is 0.343 e. The first-order valence-corrected chi connectivity index (χ1v) is 8.59. The van der Waals surface area contributed by atoms with E-state index in [-0.39, 0.29) is 16.4 Å². The van der Waals surface area contributed by atoms with Gasteiger partial charge in [0.25, 0.3) is 0 Å². The van der Waals surface area contributed by atoms with Gasteiger partial charge in [0.1, 0.15) is 11.3 Å². The largest absolute Gasteiger partial charge is 0.497 e. The fraction of sp³-hybridized carbons (Fsp3) is 0.200. The molecule has 3 aromatic rings. The molecule has 26 heavy (non-hydrogen) atoms. The third kappa shape index (κ3) is 2.84. The minimum Gasteiger partial charge on any atom is -0.497 e. The van der Waals surface area contributed by atoms with Crippen LogP contribution in [0.2, 0.25) is 5.02 Å². The molecule has 0 bridgehead atoms. The molecule has 0 spiro atoms. The lowest BCUT2D eigenvalue weighted by Gasteiger charge is -2.10. The predicted octanol–water partition coefficient (Wildman–Crippen LogP) is 4.16. The summed E-state index contributed by atoms with van der Waals surface area (Å²) in [6, 6.07) is 9.81. The molecule has 0 fully saturated rings. The van der Waals surface area contributed by atoms with Gasteiger partial charge in [0.05, 0.1) is 17.7 Å². The van der Waals surface area contributed by atoms with Crippen LogP contribution in [0.5, 0.6) is 11.5 Å². The number of ether oxygens (including phenoxy) is 2. The summed E-state index contributed by atoms with van der Waals surface area (Å²) >= 11 is 6.31. The lowest BCUT2D eigenvalue weighted by molar-refractivity contribution is 0.0734. The summed E-state index contributed by atoms with van der Waals surface area (Å²) in [4.78, 5) is 24.5. The number of aryl methyl sites for hydroxylation is 1. The van der Waals surface area contributed by atoms with E-state index in [4.69, 9.17) is 25.5 Å². The normalized spacial score (nSPS) is 12.8. The van der Waals surface area contributed by atoms with Crippen LogP contribution in [0.1, 0.15) is 27.9 Å². The first-order chi connectivity index (χ1) is 12.6. The fourth-order valence-electron chi connectivity index (χ4n) is 3.27. The zero-order valence-corrected chi connectivity index (χ0v) is 14.8. The topological polar surface area (TPSA) is 65.7 Å². The quantitative estimate of drug-likeness (QED) is 0.393. The monoisotopic (exact) mass is 370 g/mol. The van der Waals surface area contributed by atoms with Crippen LogP contribution in [0.15, 0.2) is 45.6 Å². The Kier molecular flexibility index (Phi) is 4.17. The Morgan fingerprint density at radius 1 is 1.15 bits per heavy atom. The first kappa shape index (κ1) is 16.7. The van der Waals surface area contributed by atoms with Gasteiger partial charge in [0.15, 0.2) is 5.75 Å². The molecule has 0 aliphatic heterocycles. The summed E-state index contributed by atoms with van der Waals surface area (Å²) < 4.78 is 15.9. The van der Waals surface area contributed by atoms with Crippen molar-refractivity contribution in [1.82, 2.24) is 0 Å². The van der Waals surface area contributed by atoms with Gasteiger partial charge in [-0.3, -0.25) is 0 Å². The molecule has 0 N–H and O–H groups in total. The number of hydrogen-bond acceptors (Lipinski definition) is 5. The molecule has 0 atom stereocenters. The van der Waals surface area contributed by atoms with Crippen LogP contribution in [-0.2, 0) is 12.8 Å². The minimum absolute atomic E-state index is 0.146. The second-order valence-electron chi connectivity index (χ2n) is 6.10. The van der Waals surface area contributed by atoms with E-state index in [1.165, 1.54) is 13.2 Å². The number of benzene rings is 2. The molecule has 2 aromatic carbocycles. The Bertz CT molecular complexity index is 1080. The Balaban J connectivity index is 1.73. The molecule has 1 aliphatic rings. The van der Waals surface area contributed by atoms with Crippen molar-refractivity contribution in [3.05, 3.63) is 68.5 Å². The van der Waals surface area contributed by atoms with Crippen molar-refractivity contribution >= 4 is 28.5 Å². The molecular formula is C20H15ClO5. The van der Waals surface area contributed by atoms with E-state index < -0.39 is 5.97 Å². The SMILES string of the molecule is COc1cccc(C(=O)Oc2cc3oc(=O)c4c(c3cc2Cl)CCC4)c1. The van der Waals surface area contributed by atoms with Gasteiger partial charge in [-0.1, -0.05) is 17.7 Å². The molecule has 1 aliphatic carbocycles. The van der Waals surface area contributed by atoms with E-state index in [1.54, 1.807) is 30.3 Å². The summed E-state index contributed by atoms with van der Waals surface area (Å²) in [5.74, 6) is 0.118. The number of methoxy groups -OCH3 is 1. The number of halogens is 1. The fourth-order valence-corrected chi connectivity index (χ4v) is 3.47. The van der Waals surface area contributed by atoms with Crippen LogP contribution in [-0.4, -0.2) is 13.1 Å². The molecular weight excluding hydrogens is 356 g/mol. The van der Waals surface area contributed by atoms with E-state index in [2.05, 4.69) is 0 Å². The van der Waals surface area contributed by atoms with Crippen LogP contribution in [0.25, 0.3) is 11.0 Å². The smallest absolute Gasteiger partial charge is 0.343 e. The van der Waals surface area contributed by atoms with Crippen molar-refractivity contribution in [2.75, 3.05) is 7.11 Å². The van der Waals surface area contributed by atoms with Crippen molar-refractivity contribution in [3.63, 3.8) is 0 Å². The van der Waals surface area contributed by atoms with E-state index in [9.17, 15) is 9.59 Å². The molecule has 0 amide bonds. The summed E-state index contributed by atoms with van der Waals surface area (Å²) in [6.45, 7) is 0. The Morgan fingerprint density at radius 3 is 2.77 bits per heavy atom. The maximum absolute atomic E-state index is 12.4. The molecule has 0 radical (unpaired) electrons. The molecule has 5 nitrogen and oxygen atoms in total. The van der Waals surface area contributed by atoms with Gasteiger partial charge >= 0.3 is 11.6 Å². The predicted molar refractivity (Wildman–Crippen MR) is 97.5 cm³/mol. The van der Waals surface area contributed by atoms with E-state index in [0.29, 0.717) is 16.9 Å². The molecule has 0 saturated heterocycles. The highest BCUT2D eigenvalue weighted by Gasteiger charge is 2.21. The summed E-state index contributed by atoms with van der Waals surface area (Å²) in [6.07, 6.45) is 2.46. The summed E-state index contributed by atoms with van der Waals surface area (Å²) in [7, 11) is 1.52. The van der Waals surface area contributed by atoms with Crippen LogP contribution >= 0.6 is 11.6 Å². The highest BCUT2D eigenvalue weighted by atomic mass is 35.5. The Morgan fingerprint density at radius 2 is 1.96 bits per heavy atom. The van der Waals surface area contributed by atoms with Crippen LogP contribution in [0, 0.1) is 0 Å². The molecule has 0 unspecified atom stereocenters. The van der Waals surface area contributed by atoms with Crippen molar-refractivity contribution < 1.29 is 18.7 Å². The first-order valence-electron chi connectivity index (χ1n) is 8.21. The lowest BCUT2D eigenvalue weighted by Crippen LogP contribution is -2.10. The number of carbonyl (C=O) groups excluding carboxylic acids is 1. The van der Waals surface area contributed by atoms with Gasteiger partial charge in [0, 0.05) is 17.0 Å². The number of rotatable bonds is 3. The molecule has 1 aromatic heterocycles. The van der Waals surface area contributed by atoms with E-state index in [0.717, 1.165) is 35.8 Å². The highest BCUT2D eigenvalue weighted by Crippen LogP contribution is 2.35. The maximum atomic E-state index is 12.4. The third-order valence-corrected chi connectivity index (χ3v) is 4.83. The lowest BCUT2D eigenvalue weighted by atomic mass is 10.1. The van der Waals surface area contributed by atoms with Crippen molar-refractivity contribution in [1.29, 1.82) is 0 Å². The zero-order valence-electron chi connectivity index (χ0n) is 14.0. The average molecular weight is 371 g/mol. The van der Waals surface area contributed by atoms with Crippen molar-refractivity contribution in [2.24, 2.45) is 0 Å². The average Bonchev–Trinajstić information content (AvgIpc) is 3.14. The number of hydrogen-bond donors (Lipinski definition) is 0.